The molecule has 0 unspecified atom stereocenters. The molecule has 1 amide bonds. The fraction of sp³-hybridized carbons (Fsp3) is 0.231. The van der Waals surface area contributed by atoms with Gasteiger partial charge in [-0.05, 0) is 31.0 Å². The summed E-state index contributed by atoms with van der Waals surface area (Å²) >= 11 is 0. The number of amides is 1. The number of aromatic amines is 1. The van der Waals surface area contributed by atoms with Crippen molar-refractivity contribution in [1.82, 2.24) is 19.0 Å². The highest BCUT2D eigenvalue weighted by Gasteiger charge is 2.29. The number of hydrogen-bond donors (Lipinski definition) is 1. The van der Waals surface area contributed by atoms with Crippen molar-refractivity contribution in [3.05, 3.63) is 94.2 Å². The standard InChI is InChI=1S/C26H22F2N4O3/c27-17-6-5-16(19(28)13-17)15-31-22-9-12-35-24(22)14-23(31)25(33)30-10-7-18(8-11-30)32-21-4-2-1-3-20(21)29-26(32)34/h1-6,9,12-14,18H,7-8,10-11,15H2,(H,29,34). The quantitative estimate of drug-likeness (QED) is 0.409. The monoisotopic (exact) mass is 476 g/mol. The van der Waals surface area contributed by atoms with Gasteiger partial charge in [-0.25, -0.2) is 13.6 Å². The molecule has 7 nitrogen and oxygen atoms in total. The van der Waals surface area contributed by atoms with Crippen LogP contribution in [0.4, 0.5) is 8.78 Å². The molecule has 2 aromatic carbocycles. The third-order valence-electron chi connectivity index (χ3n) is 6.83. The van der Waals surface area contributed by atoms with Crippen LogP contribution in [0.1, 0.15) is 34.9 Å². The molecule has 0 bridgehead atoms. The van der Waals surface area contributed by atoms with E-state index < -0.39 is 11.6 Å². The summed E-state index contributed by atoms with van der Waals surface area (Å²) in [6.07, 6.45) is 2.79. The van der Waals surface area contributed by atoms with E-state index in [1.807, 2.05) is 24.3 Å². The smallest absolute Gasteiger partial charge is 0.326 e. The predicted octanol–water partition coefficient (Wildman–Crippen LogP) is 4.68. The van der Waals surface area contributed by atoms with Gasteiger partial charge in [0.2, 0.25) is 0 Å². The van der Waals surface area contributed by atoms with Gasteiger partial charge in [-0.3, -0.25) is 9.36 Å². The lowest BCUT2D eigenvalue weighted by Crippen LogP contribution is -2.41. The van der Waals surface area contributed by atoms with Crippen LogP contribution in [0.15, 0.2) is 70.1 Å². The molecule has 0 saturated carbocycles. The molecule has 3 aromatic heterocycles. The van der Waals surface area contributed by atoms with Crippen LogP contribution >= 0.6 is 0 Å². The van der Waals surface area contributed by atoms with Crippen molar-refractivity contribution in [1.29, 1.82) is 0 Å². The van der Waals surface area contributed by atoms with Crippen molar-refractivity contribution in [3.8, 4) is 0 Å². The molecule has 0 aliphatic carbocycles. The van der Waals surface area contributed by atoms with Crippen LogP contribution in [0.3, 0.4) is 0 Å². The summed E-state index contributed by atoms with van der Waals surface area (Å²) in [6.45, 7) is 1.03. The first-order valence-electron chi connectivity index (χ1n) is 11.5. The Bertz CT molecular complexity index is 1620. The minimum atomic E-state index is -0.668. The first-order valence-corrected chi connectivity index (χ1v) is 11.5. The van der Waals surface area contributed by atoms with Crippen molar-refractivity contribution in [2.75, 3.05) is 13.1 Å². The molecule has 178 valence electrons. The number of imidazole rings is 1. The average Bonchev–Trinajstić information content (AvgIpc) is 3.53. The van der Waals surface area contributed by atoms with Gasteiger partial charge in [0.15, 0.2) is 5.58 Å². The Morgan fingerprint density at radius 3 is 2.63 bits per heavy atom. The molecule has 4 heterocycles. The minimum Gasteiger partial charge on any atom is -0.463 e. The lowest BCUT2D eigenvalue weighted by Gasteiger charge is -2.32. The van der Waals surface area contributed by atoms with Gasteiger partial charge in [0.1, 0.15) is 17.3 Å². The Morgan fingerprint density at radius 2 is 1.83 bits per heavy atom. The number of carbonyl (C=O) groups is 1. The van der Waals surface area contributed by atoms with Crippen molar-refractivity contribution < 1.29 is 18.0 Å². The maximum atomic E-state index is 14.4. The summed E-state index contributed by atoms with van der Waals surface area (Å²) in [5.41, 5.74) is 3.35. The van der Waals surface area contributed by atoms with E-state index in [0.717, 1.165) is 17.1 Å². The second-order valence-corrected chi connectivity index (χ2v) is 8.86. The number of fused-ring (bicyclic) bond motifs is 2. The number of aromatic nitrogens is 3. The second-order valence-electron chi connectivity index (χ2n) is 8.86. The van der Waals surface area contributed by atoms with Crippen LogP contribution < -0.4 is 5.69 Å². The number of carbonyl (C=O) groups excluding carboxylic acids is 1. The first-order chi connectivity index (χ1) is 17.0. The highest BCUT2D eigenvalue weighted by molar-refractivity contribution is 5.97. The number of hydrogen-bond acceptors (Lipinski definition) is 3. The van der Waals surface area contributed by atoms with Gasteiger partial charge >= 0.3 is 5.69 Å². The Hall–Kier alpha value is -4.14. The van der Waals surface area contributed by atoms with E-state index in [0.29, 0.717) is 42.7 Å². The Kier molecular flexibility index (Phi) is 5.05. The van der Waals surface area contributed by atoms with Crippen LogP contribution in [-0.2, 0) is 6.54 Å². The van der Waals surface area contributed by atoms with E-state index in [1.54, 1.807) is 26.2 Å². The van der Waals surface area contributed by atoms with Crippen LogP contribution in [-0.4, -0.2) is 38.0 Å². The van der Waals surface area contributed by atoms with Gasteiger partial charge in [0.25, 0.3) is 5.91 Å². The van der Waals surface area contributed by atoms with Crippen molar-refractivity contribution in [2.45, 2.75) is 25.4 Å². The molecule has 35 heavy (non-hydrogen) atoms. The van der Waals surface area contributed by atoms with E-state index >= 15 is 0 Å². The van der Waals surface area contributed by atoms with E-state index in [-0.39, 0.29) is 29.7 Å². The SMILES string of the molecule is O=C(c1cc2occc2n1Cc1ccc(F)cc1F)N1CCC(n2c(=O)[nH]c3ccccc32)CC1. The van der Waals surface area contributed by atoms with Crippen LogP contribution in [0.5, 0.6) is 0 Å². The molecular formula is C26H22F2N4O3. The fourth-order valence-electron chi connectivity index (χ4n) is 5.07. The summed E-state index contributed by atoms with van der Waals surface area (Å²) in [6, 6.07) is 14.4. The second kappa shape index (κ2) is 8.26. The molecule has 1 aliphatic heterocycles. The minimum absolute atomic E-state index is 0.0148. The van der Waals surface area contributed by atoms with Gasteiger partial charge in [-0.15, -0.1) is 0 Å². The zero-order chi connectivity index (χ0) is 24.1. The van der Waals surface area contributed by atoms with E-state index in [4.69, 9.17) is 4.42 Å². The molecule has 1 fully saturated rings. The molecule has 0 radical (unpaired) electrons. The largest absolute Gasteiger partial charge is 0.463 e. The number of benzene rings is 2. The number of H-pyrrole nitrogens is 1. The Morgan fingerprint density at radius 1 is 1.03 bits per heavy atom. The number of nitrogens with one attached hydrogen (secondary N) is 1. The van der Waals surface area contributed by atoms with Crippen LogP contribution in [0.2, 0.25) is 0 Å². The summed E-state index contributed by atoms with van der Waals surface area (Å²) in [7, 11) is 0. The molecule has 1 aliphatic rings. The number of rotatable bonds is 4. The normalized spacial score (nSPS) is 14.9. The average molecular weight is 476 g/mol. The maximum absolute atomic E-state index is 14.4. The number of likely N-dealkylation sites (tertiary alicyclic amines) is 1. The molecule has 5 aromatic rings. The first kappa shape index (κ1) is 21.4. The number of halogens is 2. The molecular weight excluding hydrogens is 454 g/mol. The van der Waals surface area contributed by atoms with E-state index in [9.17, 15) is 18.4 Å². The van der Waals surface area contributed by atoms with E-state index in [2.05, 4.69) is 4.98 Å². The van der Waals surface area contributed by atoms with Crippen LogP contribution in [0.25, 0.3) is 22.1 Å². The highest BCUT2D eigenvalue weighted by atomic mass is 19.1. The number of furan rings is 1. The third kappa shape index (κ3) is 3.63. The molecule has 9 heteroatoms. The van der Waals surface area contributed by atoms with Gasteiger partial charge in [-0.2, -0.15) is 0 Å². The summed E-state index contributed by atoms with van der Waals surface area (Å²) in [5, 5.41) is 0. The van der Waals surface area contributed by atoms with Gasteiger partial charge in [0.05, 0.1) is 29.4 Å². The number of para-hydroxylation sites is 2. The zero-order valence-electron chi connectivity index (χ0n) is 18.7. The molecule has 0 spiro atoms. The highest BCUT2D eigenvalue weighted by Crippen LogP contribution is 2.28. The molecule has 1 saturated heterocycles. The predicted molar refractivity (Wildman–Crippen MR) is 126 cm³/mol. The van der Waals surface area contributed by atoms with Gasteiger partial charge in [-0.1, -0.05) is 18.2 Å². The number of nitrogens with zero attached hydrogens (tertiary/aromatic N) is 3. The van der Waals surface area contributed by atoms with Gasteiger partial charge in [0, 0.05) is 42.9 Å². The summed E-state index contributed by atoms with van der Waals surface area (Å²) in [4.78, 5) is 30.7. The zero-order valence-corrected chi connectivity index (χ0v) is 18.7. The molecule has 1 N–H and O–H groups in total. The van der Waals surface area contributed by atoms with Crippen molar-refractivity contribution in [3.63, 3.8) is 0 Å². The summed E-state index contributed by atoms with van der Waals surface area (Å²) in [5.74, 6) is -1.51. The fourth-order valence-corrected chi connectivity index (χ4v) is 5.07. The Labute approximate surface area is 198 Å². The van der Waals surface area contributed by atoms with Crippen molar-refractivity contribution in [2.24, 2.45) is 0 Å². The summed E-state index contributed by atoms with van der Waals surface area (Å²) < 4.78 is 36.7. The van der Waals surface area contributed by atoms with E-state index in [1.165, 1.54) is 18.4 Å². The Balaban J connectivity index is 1.26. The maximum Gasteiger partial charge on any atom is 0.326 e. The topological polar surface area (TPSA) is 76.2 Å². The third-order valence-corrected chi connectivity index (χ3v) is 6.83. The lowest BCUT2D eigenvalue weighted by molar-refractivity contribution is 0.0685. The van der Waals surface area contributed by atoms with Crippen molar-refractivity contribution >= 4 is 28.0 Å². The van der Waals surface area contributed by atoms with Crippen LogP contribution in [0, 0.1) is 11.6 Å². The number of piperidine rings is 1. The van der Waals surface area contributed by atoms with Gasteiger partial charge < -0.3 is 18.9 Å². The molecule has 6 rings (SSSR count). The molecule has 0 atom stereocenters. The lowest BCUT2D eigenvalue weighted by atomic mass is 10.0.